The minimum atomic E-state index is 0.645. The Balaban J connectivity index is 2.21. The van der Waals surface area contributed by atoms with E-state index in [0.29, 0.717) is 6.04 Å². The SMILES string of the molecule is CNC1CCc2c(n(C)c3ccc(C)cc23)C1. The summed E-state index contributed by atoms with van der Waals surface area (Å²) in [6.45, 7) is 2.18. The molecular formula is C15H20N2. The van der Waals surface area contributed by atoms with Gasteiger partial charge >= 0.3 is 0 Å². The lowest BCUT2D eigenvalue weighted by molar-refractivity contribution is 0.485. The van der Waals surface area contributed by atoms with Crippen molar-refractivity contribution in [2.75, 3.05) is 7.05 Å². The molecule has 1 aromatic carbocycles. The van der Waals surface area contributed by atoms with Crippen LogP contribution in [0, 0.1) is 6.92 Å². The Morgan fingerprint density at radius 3 is 2.94 bits per heavy atom. The average molecular weight is 228 g/mol. The molecule has 90 valence electrons. The van der Waals surface area contributed by atoms with Crippen LogP contribution in [-0.2, 0) is 19.9 Å². The maximum absolute atomic E-state index is 3.41. The maximum Gasteiger partial charge on any atom is 0.0482 e. The van der Waals surface area contributed by atoms with Gasteiger partial charge in [-0.15, -0.1) is 0 Å². The van der Waals surface area contributed by atoms with Crippen molar-refractivity contribution in [3.8, 4) is 0 Å². The van der Waals surface area contributed by atoms with E-state index in [9.17, 15) is 0 Å². The molecule has 0 radical (unpaired) electrons. The first-order valence-corrected chi connectivity index (χ1v) is 6.44. The molecule has 1 atom stereocenters. The van der Waals surface area contributed by atoms with Crippen molar-refractivity contribution in [1.29, 1.82) is 0 Å². The van der Waals surface area contributed by atoms with Gasteiger partial charge in [0.05, 0.1) is 0 Å². The van der Waals surface area contributed by atoms with E-state index in [0.717, 1.165) is 6.42 Å². The minimum Gasteiger partial charge on any atom is -0.347 e. The maximum atomic E-state index is 3.41. The molecule has 1 aliphatic rings. The molecule has 2 nitrogen and oxygen atoms in total. The monoisotopic (exact) mass is 228 g/mol. The van der Waals surface area contributed by atoms with Crippen molar-refractivity contribution < 1.29 is 0 Å². The third-order valence-electron chi connectivity index (χ3n) is 4.18. The fraction of sp³-hybridized carbons (Fsp3) is 0.467. The number of nitrogens with one attached hydrogen (secondary N) is 1. The number of benzene rings is 1. The summed E-state index contributed by atoms with van der Waals surface area (Å²) in [7, 11) is 4.27. The highest BCUT2D eigenvalue weighted by atomic mass is 15.0. The highest BCUT2D eigenvalue weighted by molar-refractivity contribution is 5.86. The number of hydrogen-bond donors (Lipinski definition) is 1. The van der Waals surface area contributed by atoms with E-state index < -0.39 is 0 Å². The van der Waals surface area contributed by atoms with E-state index in [-0.39, 0.29) is 0 Å². The molecule has 2 heteroatoms. The summed E-state index contributed by atoms with van der Waals surface area (Å²) in [5, 5.41) is 4.88. The van der Waals surface area contributed by atoms with Gasteiger partial charge < -0.3 is 9.88 Å². The van der Waals surface area contributed by atoms with Crippen molar-refractivity contribution in [1.82, 2.24) is 9.88 Å². The lowest BCUT2D eigenvalue weighted by Crippen LogP contribution is -2.32. The number of aromatic nitrogens is 1. The molecule has 1 aromatic heterocycles. The Labute approximate surface area is 103 Å². The van der Waals surface area contributed by atoms with Crippen molar-refractivity contribution in [2.45, 2.75) is 32.2 Å². The molecule has 1 N–H and O–H groups in total. The zero-order valence-electron chi connectivity index (χ0n) is 10.9. The molecule has 0 bridgehead atoms. The average Bonchev–Trinajstić information content (AvgIpc) is 2.62. The Bertz CT molecular complexity index is 566. The zero-order chi connectivity index (χ0) is 12.0. The second-order valence-electron chi connectivity index (χ2n) is 5.23. The van der Waals surface area contributed by atoms with Crippen molar-refractivity contribution in [3.63, 3.8) is 0 Å². The Morgan fingerprint density at radius 2 is 2.18 bits per heavy atom. The highest BCUT2D eigenvalue weighted by Crippen LogP contribution is 2.31. The molecule has 0 saturated carbocycles. The van der Waals surface area contributed by atoms with Crippen LogP contribution in [0.3, 0.4) is 0 Å². The fourth-order valence-corrected chi connectivity index (χ4v) is 3.13. The van der Waals surface area contributed by atoms with Crippen LogP contribution in [0.1, 0.15) is 23.2 Å². The molecule has 1 aliphatic carbocycles. The van der Waals surface area contributed by atoms with Gasteiger partial charge in [-0.1, -0.05) is 11.6 Å². The lowest BCUT2D eigenvalue weighted by atomic mass is 9.91. The quantitative estimate of drug-likeness (QED) is 0.794. The third-order valence-corrected chi connectivity index (χ3v) is 4.18. The summed E-state index contributed by atoms with van der Waals surface area (Å²) in [4.78, 5) is 0. The number of rotatable bonds is 1. The van der Waals surface area contributed by atoms with Crippen LogP contribution in [0.2, 0.25) is 0 Å². The molecule has 0 saturated heterocycles. The predicted molar refractivity (Wildman–Crippen MR) is 72.5 cm³/mol. The normalized spacial score (nSPS) is 19.6. The molecule has 17 heavy (non-hydrogen) atoms. The van der Waals surface area contributed by atoms with Gasteiger partial charge in [0.1, 0.15) is 0 Å². The molecule has 2 aromatic rings. The van der Waals surface area contributed by atoms with Gasteiger partial charge in [-0.3, -0.25) is 0 Å². The van der Waals surface area contributed by atoms with Crippen molar-refractivity contribution >= 4 is 10.9 Å². The molecule has 1 heterocycles. The minimum absolute atomic E-state index is 0.645. The summed E-state index contributed by atoms with van der Waals surface area (Å²) in [6.07, 6.45) is 3.63. The summed E-state index contributed by atoms with van der Waals surface area (Å²) < 4.78 is 2.38. The first-order chi connectivity index (χ1) is 8.20. The zero-order valence-corrected chi connectivity index (χ0v) is 10.9. The summed E-state index contributed by atoms with van der Waals surface area (Å²) >= 11 is 0. The van der Waals surface area contributed by atoms with Crippen LogP contribution in [0.25, 0.3) is 10.9 Å². The van der Waals surface area contributed by atoms with Gasteiger partial charge in [0.25, 0.3) is 0 Å². The topological polar surface area (TPSA) is 17.0 Å². The fourth-order valence-electron chi connectivity index (χ4n) is 3.13. The predicted octanol–water partition coefficient (Wildman–Crippen LogP) is 2.56. The van der Waals surface area contributed by atoms with Gasteiger partial charge in [0.15, 0.2) is 0 Å². The lowest BCUT2D eigenvalue weighted by Gasteiger charge is -2.23. The number of hydrogen-bond acceptors (Lipinski definition) is 1. The first kappa shape index (κ1) is 10.8. The number of fused-ring (bicyclic) bond motifs is 3. The van der Waals surface area contributed by atoms with Gasteiger partial charge in [0.2, 0.25) is 0 Å². The Hall–Kier alpha value is -1.28. The largest absolute Gasteiger partial charge is 0.347 e. The number of aryl methyl sites for hydroxylation is 3. The van der Waals surface area contributed by atoms with Crippen LogP contribution in [0.4, 0.5) is 0 Å². The van der Waals surface area contributed by atoms with E-state index in [4.69, 9.17) is 0 Å². The van der Waals surface area contributed by atoms with Crippen molar-refractivity contribution in [2.24, 2.45) is 7.05 Å². The molecule has 1 unspecified atom stereocenters. The van der Waals surface area contributed by atoms with Crippen LogP contribution >= 0.6 is 0 Å². The Kier molecular flexibility index (Phi) is 2.48. The van der Waals surface area contributed by atoms with Gasteiger partial charge in [-0.05, 0) is 44.5 Å². The third kappa shape index (κ3) is 1.59. The highest BCUT2D eigenvalue weighted by Gasteiger charge is 2.23. The van der Waals surface area contributed by atoms with Crippen molar-refractivity contribution in [3.05, 3.63) is 35.0 Å². The van der Waals surface area contributed by atoms with E-state index >= 15 is 0 Å². The summed E-state index contributed by atoms with van der Waals surface area (Å²) in [5.41, 5.74) is 5.85. The Morgan fingerprint density at radius 1 is 1.35 bits per heavy atom. The smallest absolute Gasteiger partial charge is 0.0482 e. The summed E-state index contributed by atoms with van der Waals surface area (Å²) in [5.74, 6) is 0. The van der Waals surface area contributed by atoms with E-state index in [1.165, 1.54) is 35.0 Å². The molecular weight excluding hydrogens is 208 g/mol. The molecule has 0 fully saturated rings. The van der Waals surface area contributed by atoms with Crippen LogP contribution in [0.5, 0.6) is 0 Å². The van der Waals surface area contributed by atoms with E-state index in [1.54, 1.807) is 5.56 Å². The van der Waals surface area contributed by atoms with Crippen LogP contribution < -0.4 is 5.32 Å². The van der Waals surface area contributed by atoms with Crippen LogP contribution in [0.15, 0.2) is 18.2 Å². The van der Waals surface area contributed by atoms with E-state index in [1.807, 2.05) is 0 Å². The second-order valence-corrected chi connectivity index (χ2v) is 5.23. The molecule has 0 aliphatic heterocycles. The van der Waals surface area contributed by atoms with E-state index in [2.05, 4.69) is 49.1 Å². The molecule has 0 amide bonds. The first-order valence-electron chi connectivity index (χ1n) is 6.44. The summed E-state index contributed by atoms with van der Waals surface area (Å²) in [6, 6.07) is 7.46. The van der Waals surface area contributed by atoms with Gasteiger partial charge in [-0.25, -0.2) is 0 Å². The van der Waals surface area contributed by atoms with Gasteiger partial charge in [-0.2, -0.15) is 0 Å². The number of likely N-dealkylation sites (N-methyl/N-ethyl adjacent to an activating group) is 1. The molecule has 0 spiro atoms. The van der Waals surface area contributed by atoms with Crippen LogP contribution in [-0.4, -0.2) is 17.7 Å². The molecule has 3 rings (SSSR count). The number of nitrogens with zero attached hydrogens (tertiary/aromatic N) is 1. The standard InChI is InChI=1S/C15H20N2/c1-10-4-7-14-13(8-10)12-6-5-11(16-2)9-15(12)17(14)3/h4,7-8,11,16H,5-6,9H2,1-3H3. The van der Waals surface area contributed by atoms with Gasteiger partial charge in [0, 0.05) is 36.1 Å². The second kappa shape index (κ2) is 3.88.